The second-order valence-electron chi connectivity index (χ2n) is 8.28. The van der Waals surface area contributed by atoms with E-state index in [2.05, 4.69) is 24.8 Å². The lowest BCUT2D eigenvalue weighted by atomic mass is 10.1. The number of fused-ring (bicyclic) bond motifs is 2. The van der Waals surface area contributed by atoms with Gasteiger partial charge in [-0.15, -0.1) is 0 Å². The highest BCUT2D eigenvalue weighted by Gasteiger charge is 2.24. The highest BCUT2D eigenvalue weighted by atomic mass is 19.1. The van der Waals surface area contributed by atoms with Crippen molar-refractivity contribution in [2.24, 2.45) is 0 Å². The number of aromatic amines is 2. The Morgan fingerprint density at radius 3 is 2.38 bits per heavy atom. The third kappa shape index (κ3) is 3.37. The molecule has 0 bridgehead atoms. The lowest BCUT2D eigenvalue weighted by molar-refractivity contribution is 0.549. The summed E-state index contributed by atoms with van der Waals surface area (Å²) in [4.78, 5) is 30.9. The summed E-state index contributed by atoms with van der Waals surface area (Å²) in [5.41, 5.74) is 4.41. The van der Waals surface area contributed by atoms with Gasteiger partial charge in [0.05, 0.1) is 29.0 Å². The predicted octanol–water partition coefficient (Wildman–Crippen LogP) is 4.02. The van der Waals surface area contributed by atoms with Crippen LogP contribution in [0.3, 0.4) is 0 Å². The minimum atomic E-state index is -0.650. The summed E-state index contributed by atoms with van der Waals surface area (Å²) in [7, 11) is 0. The molecule has 0 atom stereocenters. The lowest BCUT2D eigenvalue weighted by Gasteiger charge is -2.37. The monoisotopic (exact) mass is 458 g/mol. The van der Waals surface area contributed by atoms with Crippen molar-refractivity contribution in [3.05, 3.63) is 82.9 Å². The molecule has 9 heteroatoms. The van der Waals surface area contributed by atoms with Crippen LogP contribution in [0, 0.1) is 11.6 Å². The van der Waals surface area contributed by atoms with E-state index in [4.69, 9.17) is 0 Å². The number of hydrogen-bond donors (Lipinski definition) is 2. The van der Waals surface area contributed by atoms with Crippen molar-refractivity contribution < 1.29 is 8.78 Å². The van der Waals surface area contributed by atoms with E-state index in [-0.39, 0.29) is 11.2 Å². The second-order valence-corrected chi connectivity index (χ2v) is 8.28. The van der Waals surface area contributed by atoms with Gasteiger partial charge in [-0.25, -0.2) is 13.8 Å². The first-order chi connectivity index (χ1) is 16.6. The molecule has 1 saturated heterocycles. The zero-order valence-electron chi connectivity index (χ0n) is 18.1. The molecule has 34 heavy (non-hydrogen) atoms. The third-order valence-electron chi connectivity index (χ3n) is 6.27. The van der Waals surface area contributed by atoms with Crippen LogP contribution in [0.1, 0.15) is 0 Å². The first-order valence-electron chi connectivity index (χ1n) is 11.0. The minimum Gasteiger partial charge on any atom is -0.368 e. The van der Waals surface area contributed by atoms with Crippen molar-refractivity contribution >= 4 is 22.4 Å². The molecule has 1 fully saturated rings. The van der Waals surface area contributed by atoms with Gasteiger partial charge in [-0.1, -0.05) is 24.3 Å². The molecule has 1 aromatic carbocycles. The SMILES string of the molecule is O=c1[nH]c2cccccc-2c1-c1nc2ccc(N3CCN(c4c(F)cncc4F)CC3)cc2[nH]1. The van der Waals surface area contributed by atoms with Gasteiger partial charge >= 0.3 is 0 Å². The molecule has 6 rings (SSSR count). The smallest absolute Gasteiger partial charge is 0.260 e. The van der Waals surface area contributed by atoms with E-state index in [0.29, 0.717) is 37.6 Å². The van der Waals surface area contributed by atoms with E-state index in [1.807, 2.05) is 48.5 Å². The lowest BCUT2D eigenvalue weighted by Crippen LogP contribution is -2.47. The van der Waals surface area contributed by atoms with E-state index in [9.17, 15) is 13.6 Å². The van der Waals surface area contributed by atoms with Gasteiger partial charge in [-0.2, -0.15) is 0 Å². The van der Waals surface area contributed by atoms with Crippen LogP contribution < -0.4 is 15.4 Å². The van der Waals surface area contributed by atoms with Gasteiger partial charge in [0.2, 0.25) is 0 Å². The Kier molecular flexibility index (Phi) is 4.75. The molecule has 4 heterocycles. The Hall–Kier alpha value is -4.27. The Balaban J connectivity index is 1.27. The number of hydrogen-bond acceptors (Lipinski definition) is 5. The highest BCUT2D eigenvalue weighted by Crippen LogP contribution is 2.31. The number of piperazine rings is 1. The molecule has 0 unspecified atom stereocenters. The number of halogens is 2. The van der Waals surface area contributed by atoms with E-state index in [1.54, 1.807) is 4.90 Å². The van der Waals surface area contributed by atoms with Crippen LogP contribution >= 0.6 is 0 Å². The fourth-order valence-corrected chi connectivity index (χ4v) is 4.62. The summed E-state index contributed by atoms with van der Waals surface area (Å²) in [6, 6.07) is 15.3. The Morgan fingerprint density at radius 2 is 1.59 bits per heavy atom. The van der Waals surface area contributed by atoms with Crippen LogP contribution in [0.25, 0.3) is 33.7 Å². The summed E-state index contributed by atoms with van der Waals surface area (Å²) in [6.07, 6.45) is 2.07. The third-order valence-corrected chi connectivity index (χ3v) is 6.27. The van der Waals surface area contributed by atoms with Gasteiger partial charge in [0.25, 0.3) is 5.56 Å². The first kappa shape index (κ1) is 20.3. The first-order valence-corrected chi connectivity index (χ1v) is 11.0. The molecular weight excluding hydrogens is 438 g/mol. The van der Waals surface area contributed by atoms with Gasteiger partial charge in [-0.3, -0.25) is 9.78 Å². The summed E-state index contributed by atoms with van der Waals surface area (Å²) in [5, 5.41) is 0. The molecule has 2 aliphatic heterocycles. The average molecular weight is 458 g/mol. The molecule has 170 valence electrons. The number of nitrogens with one attached hydrogen (secondary N) is 2. The van der Waals surface area contributed by atoms with Gasteiger partial charge in [0, 0.05) is 43.1 Å². The maximum atomic E-state index is 14.1. The largest absolute Gasteiger partial charge is 0.368 e. The molecule has 0 radical (unpaired) electrons. The van der Waals surface area contributed by atoms with Crippen molar-refractivity contribution in [2.75, 3.05) is 36.0 Å². The number of rotatable bonds is 3. The van der Waals surface area contributed by atoms with Gasteiger partial charge in [0.1, 0.15) is 11.5 Å². The van der Waals surface area contributed by atoms with Crippen LogP contribution in [0.4, 0.5) is 20.2 Å². The number of aromatic nitrogens is 4. The number of H-pyrrole nitrogens is 2. The molecule has 7 nitrogen and oxygen atoms in total. The van der Waals surface area contributed by atoms with Gasteiger partial charge in [0.15, 0.2) is 11.6 Å². The molecule has 3 aliphatic rings. The predicted molar refractivity (Wildman–Crippen MR) is 127 cm³/mol. The summed E-state index contributed by atoms with van der Waals surface area (Å²) in [6.45, 7) is 2.18. The van der Waals surface area contributed by atoms with Gasteiger partial charge < -0.3 is 19.8 Å². The minimum absolute atomic E-state index is 0.0242. The zero-order valence-corrected chi connectivity index (χ0v) is 18.1. The number of nitrogens with zero attached hydrogens (tertiary/aromatic N) is 4. The van der Waals surface area contributed by atoms with Crippen LogP contribution in [0.15, 0.2) is 65.7 Å². The number of imidazole rings is 1. The maximum Gasteiger partial charge on any atom is 0.260 e. The van der Waals surface area contributed by atoms with Crippen molar-refractivity contribution in [1.82, 2.24) is 19.9 Å². The number of pyridine rings is 1. The Morgan fingerprint density at radius 1 is 0.853 bits per heavy atom. The quantitative estimate of drug-likeness (QED) is 0.427. The normalized spacial score (nSPS) is 14.3. The number of benzene rings is 1. The topological polar surface area (TPSA) is 80.9 Å². The Labute approximate surface area is 193 Å². The molecule has 3 aromatic rings. The molecule has 0 amide bonds. The van der Waals surface area contributed by atoms with Crippen LogP contribution in [-0.2, 0) is 0 Å². The van der Waals surface area contributed by atoms with E-state index < -0.39 is 11.6 Å². The second kappa shape index (κ2) is 7.95. The fraction of sp³-hybridized carbons (Fsp3) is 0.160. The summed E-state index contributed by atoms with van der Waals surface area (Å²) in [5.74, 6) is -0.782. The zero-order chi connectivity index (χ0) is 23.2. The number of anilines is 2. The summed E-state index contributed by atoms with van der Waals surface area (Å²) >= 11 is 0. The Bertz CT molecular complexity index is 1520. The molecule has 0 spiro atoms. The molecule has 2 aromatic heterocycles. The van der Waals surface area contributed by atoms with Crippen molar-refractivity contribution in [3.8, 4) is 22.6 Å². The average Bonchev–Trinajstić information content (AvgIpc) is 3.30. The van der Waals surface area contributed by atoms with Crippen LogP contribution in [0.2, 0.25) is 0 Å². The highest BCUT2D eigenvalue weighted by molar-refractivity contribution is 5.87. The van der Waals surface area contributed by atoms with Crippen molar-refractivity contribution in [2.45, 2.75) is 0 Å². The van der Waals surface area contributed by atoms with E-state index >= 15 is 0 Å². The fourth-order valence-electron chi connectivity index (χ4n) is 4.62. The maximum absolute atomic E-state index is 14.1. The molecule has 0 saturated carbocycles. The van der Waals surface area contributed by atoms with E-state index in [1.165, 1.54) is 0 Å². The van der Waals surface area contributed by atoms with Crippen LogP contribution in [0.5, 0.6) is 0 Å². The van der Waals surface area contributed by atoms with Gasteiger partial charge in [-0.05, 0) is 24.3 Å². The molecule has 1 aliphatic carbocycles. The standard InChI is InChI=1S/C25H20F2N6O/c26-17-13-28-14-18(27)23(17)33-10-8-32(9-11-33)15-6-7-20-21(12-15)30-24(29-20)22-16-4-2-1-3-5-19(16)31-25(22)34/h1-7,12-14H,8-11H2,(H,29,30)(H,31,34). The van der Waals surface area contributed by atoms with Crippen molar-refractivity contribution in [3.63, 3.8) is 0 Å². The summed E-state index contributed by atoms with van der Waals surface area (Å²) < 4.78 is 28.2. The van der Waals surface area contributed by atoms with Crippen LogP contribution in [-0.4, -0.2) is 46.1 Å². The van der Waals surface area contributed by atoms with E-state index in [0.717, 1.165) is 40.4 Å². The molecular formula is C25H20F2N6O. The van der Waals surface area contributed by atoms with Crippen molar-refractivity contribution in [1.29, 1.82) is 0 Å². The molecule has 2 N–H and O–H groups in total.